The van der Waals surface area contributed by atoms with Crippen LogP contribution in [0.2, 0.25) is 0 Å². The van der Waals surface area contributed by atoms with E-state index in [4.69, 9.17) is 9.47 Å². The summed E-state index contributed by atoms with van der Waals surface area (Å²) in [6, 6.07) is 12.5. The summed E-state index contributed by atoms with van der Waals surface area (Å²) in [5.74, 6) is -1.42. The van der Waals surface area contributed by atoms with Gasteiger partial charge < -0.3 is 14.4 Å². The minimum atomic E-state index is -4.42. The molecule has 0 N–H and O–H groups in total. The number of thioether (sulfide) groups is 1. The van der Waals surface area contributed by atoms with Crippen LogP contribution in [0.1, 0.15) is 43.4 Å². The smallest absolute Gasteiger partial charge is 0.416 e. The monoisotopic (exact) mass is 517 g/mol. The first-order valence-electron chi connectivity index (χ1n) is 11.6. The number of hydrogen-bond donors (Lipinski definition) is 0. The predicted molar refractivity (Wildman–Crippen MR) is 130 cm³/mol. The number of esters is 2. The van der Waals surface area contributed by atoms with Crippen molar-refractivity contribution in [1.29, 1.82) is 0 Å². The van der Waals surface area contributed by atoms with Crippen LogP contribution in [0.25, 0.3) is 0 Å². The number of hydrogen-bond acceptors (Lipinski definition) is 6. The molecule has 9 heteroatoms. The molecule has 0 fully saturated rings. The third-order valence-corrected chi connectivity index (χ3v) is 7.42. The van der Waals surface area contributed by atoms with Gasteiger partial charge in [-0.25, -0.2) is 9.59 Å². The van der Waals surface area contributed by atoms with Crippen molar-refractivity contribution in [3.8, 4) is 0 Å². The second kappa shape index (κ2) is 10.4. The van der Waals surface area contributed by atoms with Gasteiger partial charge in [0.15, 0.2) is 0 Å². The molecular weight excluding hydrogens is 491 g/mol. The van der Waals surface area contributed by atoms with E-state index < -0.39 is 29.6 Å². The van der Waals surface area contributed by atoms with Gasteiger partial charge in [0.25, 0.3) is 0 Å². The summed E-state index contributed by atoms with van der Waals surface area (Å²) in [4.78, 5) is 28.7. The lowest BCUT2D eigenvalue weighted by Gasteiger charge is -2.35. The first kappa shape index (κ1) is 25.9. The van der Waals surface area contributed by atoms with Gasteiger partial charge in [-0.1, -0.05) is 36.4 Å². The average Bonchev–Trinajstić information content (AvgIpc) is 3.23. The minimum Gasteiger partial charge on any atom is -0.463 e. The first-order chi connectivity index (χ1) is 17.2. The number of nitrogens with zero attached hydrogens (tertiary/aromatic N) is 1. The average molecular weight is 518 g/mol. The fraction of sp³-hybridized carbons (Fsp3) is 0.333. The van der Waals surface area contributed by atoms with Crippen LogP contribution in [0.5, 0.6) is 0 Å². The lowest BCUT2D eigenvalue weighted by atomic mass is 9.80. The zero-order valence-electron chi connectivity index (χ0n) is 20.1. The van der Waals surface area contributed by atoms with Crippen molar-refractivity contribution in [1.82, 2.24) is 4.90 Å². The van der Waals surface area contributed by atoms with Crippen LogP contribution in [0.15, 0.2) is 76.0 Å². The summed E-state index contributed by atoms with van der Waals surface area (Å²) in [6.45, 7) is 6.31. The molecule has 0 saturated heterocycles. The van der Waals surface area contributed by atoms with Crippen LogP contribution < -0.4 is 0 Å². The highest BCUT2D eigenvalue weighted by Gasteiger charge is 2.45. The molecule has 1 unspecified atom stereocenters. The van der Waals surface area contributed by atoms with E-state index in [0.717, 1.165) is 22.7 Å². The molecule has 36 heavy (non-hydrogen) atoms. The van der Waals surface area contributed by atoms with E-state index in [2.05, 4.69) is 0 Å². The molecule has 0 aromatic heterocycles. The van der Waals surface area contributed by atoms with Gasteiger partial charge in [-0.3, -0.25) is 0 Å². The highest BCUT2D eigenvalue weighted by molar-refractivity contribution is 7.98. The maximum atomic E-state index is 13.2. The normalized spacial score (nSPS) is 17.9. The Morgan fingerprint density at radius 1 is 1.17 bits per heavy atom. The molecule has 0 bridgehead atoms. The largest absolute Gasteiger partial charge is 0.463 e. The number of benzene rings is 2. The van der Waals surface area contributed by atoms with Crippen molar-refractivity contribution < 1.29 is 32.2 Å². The highest BCUT2D eigenvalue weighted by atomic mass is 32.2. The van der Waals surface area contributed by atoms with E-state index in [0.29, 0.717) is 34.5 Å². The summed E-state index contributed by atoms with van der Waals surface area (Å²) in [5, 5.41) is 0. The fourth-order valence-corrected chi connectivity index (χ4v) is 5.71. The number of likely N-dealkylation sites (N-methyl/N-ethyl adjacent to an activating group) is 1. The van der Waals surface area contributed by atoms with E-state index in [-0.39, 0.29) is 19.0 Å². The van der Waals surface area contributed by atoms with E-state index in [1.165, 1.54) is 17.8 Å². The molecule has 2 aliphatic heterocycles. The van der Waals surface area contributed by atoms with Crippen LogP contribution in [0, 0.1) is 0 Å². The molecule has 2 aromatic rings. The van der Waals surface area contributed by atoms with Crippen LogP contribution in [0.3, 0.4) is 0 Å². The summed E-state index contributed by atoms with van der Waals surface area (Å²) < 4.78 is 50.3. The van der Waals surface area contributed by atoms with Gasteiger partial charge in [-0.15, -0.1) is 11.8 Å². The van der Waals surface area contributed by atoms with E-state index >= 15 is 0 Å². The Kier molecular flexibility index (Phi) is 7.49. The molecule has 4 rings (SSSR count). The zero-order valence-corrected chi connectivity index (χ0v) is 21.0. The molecule has 0 spiro atoms. The Morgan fingerprint density at radius 2 is 1.92 bits per heavy atom. The van der Waals surface area contributed by atoms with Gasteiger partial charge in [0.2, 0.25) is 0 Å². The third kappa shape index (κ3) is 4.89. The molecule has 2 heterocycles. The highest BCUT2D eigenvalue weighted by Crippen LogP contribution is 2.47. The Bertz CT molecular complexity index is 1250. The van der Waals surface area contributed by atoms with Crippen LogP contribution in [-0.4, -0.2) is 36.6 Å². The van der Waals surface area contributed by atoms with Crippen molar-refractivity contribution in [2.45, 2.75) is 43.5 Å². The van der Waals surface area contributed by atoms with Crippen molar-refractivity contribution in [2.24, 2.45) is 0 Å². The number of rotatable bonds is 7. The topological polar surface area (TPSA) is 55.8 Å². The molecule has 2 aromatic carbocycles. The van der Waals surface area contributed by atoms with Gasteiger partial charge >= 0.3 is 18.1 Å². The lowest BCUT2D eigenvalue weighted by Crippen LogP contribution is -2.34. The first-order valence-corrected chi connectivity index (χ1v) is 12.6. The van der Waals surface area contributed by atoms with Gasteiger partial charge in [0.05, 0.1) is 34.9 Å². The molecule has 0 amide bonds. The van der Waals surface area contributed by atoms with Gasteiger partial charge in [-0.05, 0) is 44.0 Å². The lowest BCUT2D eigenvalue weighted by molar-refractivity contribution is -0.139. The third-order valence-electron chi connectivity index (χ3n) is 6.26. The Labute approximate surface area is 212 Å². The number of carbonyl (C=O) groups excluding carboxylic acids is 2. The Balaban J connectivity index is 1.76. The minimum absolute atomic E-state index is 0.117. The van der Waals surface area contributed by atoms with E-state index in [1.807, 2.05) is 43.0 Å². The van der Waals surface area contributed by atoms with Crippen molar-refractivity contribution in [2.75, 3.05) is 19.8 Å². The number of allylic oxidation sites excluding steroid dienone is 1. The molecule has 5 nitrogen and oxygen atoms in total. The number of alkyl halides is 3. The summed E-state index contributed by atoms with van der Waals surface area (Å²) in [7, 11) is 0. The maximum absolute atomic E-state index is 13.2. The number of halogens is 3. The Morgan fingerprint density at radius 3 is 2.61 bits per heavy atom. The van der Waals surface area contributed by atoms with Crippen molar-refractivity contribution in [3.63, 3.8) is 0 Å². The van der Waals surface area contributed by atoms with Gasteiger partial charge in [0.1, 0.15) is 6.61 Å². The number of carbonyl (C=O) groups is 2. The molecule has 190 valence electrons. The van der Waals surface area contributed by atoms with Crippen LogP contribution in [-0.2, 0) is 31.0 Å². The second-order valence-electron chi connectivity index (χ2n) is 8.36. The van der Waals surface area contributed by atoms with Gasteiger partial charge in [0, 0.05) is 22.9 Å². The second-order valence-corrected chi connectivity index (χ2v) is 9.38. The van der Waals surface area contributed by atoms with Crippen molar-refractivity contribution in [3.05, 3.63) is 87.8 Å². The van der Waals surface area contributed by atoms with Gasteiger partial charge in [-0.2, -0.15) is 13.2 Å². The molecule has 2 aliphatic rings. The van der Waals surface area contributed by atoms with E-state index in [1.54, 1.807) is 13.0 Å². The van der Waals surface area contributed by atoms with Crippen molar-refractivity contribution >= 4 is 23.7 Å². The summed E-state index contributed by atoms with van der Waals surface area (Å²) in [6.07, 6.45) is -4.42. The standard InChI is InChI=1S/C27H26F3NO4S/c1-4-31-16(3)22(25(32)34-5-2)23(24-20(31)14-35-26(24)33)19-11-6-7-12-21(19)36-15-17-9-8-10-18(13-17)27(28,29)30/h6-13,23H,4-5,14-15H2,1-3H3. The number of cyclic esters (lactones) is 1. The number of ether oxygens (including phenoxy) is 2. The maximum Gasteiger partial charge on any atom is 0.416 e. The molecule has 0 saturated carbocycles. The summed E-state index contributed by atoms with van der Waals surface area (Å²) >= 11 is 1.35. The molecule has 0 radical (unpaired) electrons. The fourth-order valence-electron chi connectivity index (χ4n) is 4.68. The Hall–Kier alpha value is -3.20. The SMILES string of the molecule is CCOC(=O)C1=C(C)N(CC)C2=C(C(=O)OC2)C1c1ccccc1SCc1cccc(C(F)(F)F)c1. The van der Waals surface area contributed by atoms with Crippen LogP contribution >= 0.6 is 11.8 Å². The molecular formula is C27H26F3NO4S. The predicted octanol–water partition coefficient (Wildman–Crippen LogP) is 6.06. The zero-order chi connectivity index (χ0) is 26.0. The van der Waals surface area contributed by atoms with Crippen LogP contribution in [0.4, 0.5) is 13.2 Å². The van der Waals surface area contributed by atoms with E-state index in [9.17, 15) is 22.8 Å². The molecule has 0 aliphatic carbocycles. The quantitative estimate of drug-likeness (QED) is 0.329. The molecule has 1 atom stereocenters. The summed E-state index contributed by atoms with van der Waals surface area (Å²) in [5.41, 5.74) is 2.70.